The molecule has 0 bridgehead atoms. The van der Waals surface area contributed by atoms with E-state index >= 15 is 0 Å². The van der Waals surface area contributed by atoms with E-state index in [9.17, 15) is 22.8 Å². The average Bonchev–Trinajstić information content (AvgIpc) is 2.59. The maximum atomic E-state index is 13.6. The monoisotopic (exact) mass is 381 g/mol. The van der Waals surface area contributed by atoms with Crippen molar-refractivity contribution in [2.75, 3.05) is 5.32 Å². The molecule has 0 saturated heterocycles. The predicted molar refractivity (Wildman–Crippen MR) is 91.6 cm³/mol. The fraction of sp³-hybridized carbons (Fsp3) is 0.263. The van der Waals surface area contributed by atoms with Gasteiger partial charge < -0.3 is 14.8 Å². The lowest BCUT2D eigenvalue weighted by Gasteiger charge is -2.26. The largest absolute Gasteiger partial charge is 0.476 e. The molecule has 0 spiro atoms. The second-order valence-corrected chi connectivity index (χ2v) is 6.23. The van der Waals surface area contributed by atoms with Crippen molar-refractivity contribution in [2.45, 2.75) is 32.5 Å². The summed E-state index contributed by atoms with van der Waals surface area (Å²) in [6, 6.07) is 7.68. The Morgan fingerprint density at radius 1 is 1.00 bits per heavy atom. The van der Waals surface area contributed by atoms with Gasteiger partial charge in [0.15, 0.2) is 11.7 Å². The van der Waals surface area contributed by atoms with Crippen molar-refractivity contribution in [3.05, 3.63) is 59.9 Å². The lowest BCUT2D eigenvalue weighted by Crippen LogP contribution is -2.43. The molecule has 2 aromatic carbocycles. The van der Waals surface area contributed by atoms with Crippen LogP contribution < -0.4 is 10.1 Å². The van der Waals surface area contributed by atoms with Crippen LogP contribution in [0.5, 0.6) is 5.75 Å². The smallest absolute Gasteiger partial charge is 0.350 e. The zero-order chi connectivity index (χ0) is 20.2. The molecule has 8 heteroatoms. The summed E-state index contributed by atoms with van der Waals surface area (Å²) in [5.74, 6) is -3.61. The van der Waals surface area contributed by atoms with Gasteiger partial charge in [-0.2, -0.15) is 0 Å². The van der Waals surface area contributed by atoms with E-state index in [0.717, 1.165) is 12.1 Å². The first kappa shape index (κ1) is 20.3. The highest BCUT2D eigenvalue weighted by molar-refractivity contribution is 5.95. The number of rotatable bonds is 6. The number of hydrogen-bond acceptors (Lipinski definition) is 4. The first-order valence-electron chi connectivity index (χ1n) is 8.00. The number of nitrogens with one attached hydrogen (secondary N) is 1. The van der Waals surface area contributed by atoms with E-state index in [1.165, 1.54) is 45.0 Å². The summed E-state index contributed by atoms with van der Waals surface area (Å²) in [7, 11) is 0. The van der Waals surface area contributed by atoms with Crippen LogP contribution in [0.4, 0.5) is 18.9 Å². The number of anilines is 1. The molecule has 0 heterocycles. The second kappa shape index (κ2) is 8.11. The standard InChI is InChI=1S/C19H18F3NO4/c1-11(17(24)23-16-9-6-13(21)10-15(16)22)26-18(25)19(2,3)27-14-7-4-12(20)5-8-14/h4-11H,1-3H3,(H,23,24)/t11-/m1/s1. The maximum absolute atomic E-state index is 13.6. The zero-order valence-corrected chi connectivity index (χ0v) is 14.9. The first-order valence-corrected chi connectivity index (χ1v) is 8.00. The number of benzene rings is 2. The SMILES string of the molecule is C[C@@H](OC(=O)C(C)(C)Oc1ccc(F)cc1)C(=O)Nc1ccc(F)cc1F. The van der Waals surface area contributed by atoms with Crippen LogP contribution in [-0.2, 0) is 14.3 Å². The van der Waals surface area contributed by atoms with Crippen LogP contribution in [0, 0.1) is 17.5 Å². The van der Waals surface area contributed by atoms with Gasteiger partial charge in [0.25, 0.3) is 5.91 Å². The lowest BCUT2D eigenvalue weighted by atomic mass is 10.1. The normalized spacial score (nSPS) is 12.2. The number of amides is 1. The molecule has 0 radical (unpaired) electrons. The summed E-state index contributed by atoms with van der Waals surface area (Å²) >= 11 is 0. The third kappa shape index (κ3) is 5.47. The molecule has 1 amide bonds. The van der Waals surface area contributed by atoms with Gasteiger partial charge in [-0.15, -0.1) is 0 Å². The van der Waals surface area contributed by atoms with Gasteiger partial charge in [0, 0.05) is 6.07 Å². The Kier molecular flexibility index (Phi) is 6.09. The molecule has 0 fully saturated rings. The molecule has 0 aliphatic carbocycles. The quantitative estimate of drug-likeness (QED) is 0.773. The Morgan fingerprint density at radius 2 is 1.59 bits per heavy atom. The topological polar surface area (TPSA) is 64.6 Å². The second-order valence-electron chi connectivity index (χ2n) is 6.23. The van der Waals surface area contributed by atoms with Gasteiger partial charge in [0.1, 0.15) is 23.2 Å². The summed E-state index contributed by atoms with van der Waals surface area (Å²) in [4.78, 5) is 24.4. The molecule has 0 aromatic heterocycles. The molecule has 27 heavy (non-hydrogen) atoms. The molecule has 5 nitrogen and oxygen atoms in total. The summed E-state index contributed by atoms with van der Waals surface area (Å²) in [6.45, 7) is 4.13. The minimum atomic E-state index is -1.46. The highest BCUT2D eigenvalue weighted by Crippen LogP contribution is 2.21. The molecule has 144 valence electrons. The van der Waals surface area contributed by atoms with Crippen molar-refractivity contribution >= 4 is 17.6 Å². The fourth-order valence-corrected chi connectivity index (χ4v) is 2.02. The van der Waals surface area contributed by atoms with Gasteiger partial charge in [-0.05, 0) is 57.2 Å². The number of carbonyl (C=O) groups excluding carboxylic acids is 2. The van der Waals surface area contributed by atoms with Crippen molar-refractivity contribution in [1.29, 1.82) is 0 Å². The fourth-order valence-electron chi connectivity index (χ4n) is 2.02. The van der Waals surface area contributed by atoms with E-state index in [2.05, 4.69) is 5.32 Å². The van der Waals surface area contributed by atoms with Gasteiger partial charge in [-0.25, -0.2) is 18.0 Å². The van der Waals surface area contributed by atoms with Crippen LogP contribution in [0.2, 0.25) is 0 Å². The minimum absolute atomic E-state index is 0.240. The third-order valence-corrected chi connectivity index (χ3v) is 3.52. The van der Waals surface area contributed by atoms with Gasteiger partial charge in [-0.3, -0.25) is 4.79 Å². The van der Waals surface area contributed by atoms with Crippen molar-refractivity contribution in [1.82, 2.24) is 0 Å². The molecule has 0 unspecified atom stereocenters. The van der Waals surface area contributed by atoms with Gasteiger partial charge >= 0.3 is 5.97 Å². The number of ether oxygens (including phenoxy) is 2. The third-order valence-electron chi connectivity index (χ3n) is 3.52. The summed E-state index contributed by atoms with van der Waals surface area (Å²) in [5.41, 5.74) is -1.71. The Labute approximate surface area is 154 Å². The van der Waals surface area contributed by atoms with Crippen LogP contribution in [0.25, 0.3) is 0 Å². The molecule has 0 aliphatic heterocycles. The van der Waals surface area contributed by atoms with Crippen LogP contribution >= 0.6 is 0 Å². The zero-order valence-electron chi connectivity index (χ0n) is 14.9. The van der Waals surface area contributed by atoms with E-state index < -0.39 is 41.0 Å². The number of carbonyl (C=O) groups is 2. The van der Waals surface area contributed by atoms with Crippen LogP contribution in [0.3, 0.4) is 0 Å². The Balaban J connectivity index is 1.98. The summed E-state index contributed by atoms with van der Waals surface area (Å²) < 4.78 is 49.9. The van der Waals surface area contributed by atoms with E-state index in [4.69, 9.17) is 9.47 Å². The molecule has 1 N–H and O–H groups in total. The van der Waals surface area contributed by atoms with Crippen molar-refractivity contribution in [3.8, 4) is 5.75 Å². The van der Waals surface area contributed by atoms with Gasteiger partial charge in [0.05, 0.1) is 5.69 Å². The Morgan fingerprint density at radius 3 is 2.19 bits per heavy atom. The van der Waals surface area contributed by atoms with Crippen LogP contribution in [0.15, 0.2) is 42.5 Å². The predicted octanol–water partition coefficient (Wildman–Crippen LogP) is 3.83. The number of hydrogen-bond donors (Lipinski definition) is 1. The van der Waals surface area contributed by atoms with E-state index in [1.54, 1.807) is 0 Å². The number of esters is 1. The maximum Gasteiger partial charge on any atom is 0.350 e. The number of halogens is 3. The minimum Gasteiger partial charge on any atom is -0.476 e. The molecule has 2 rings (SSSR count). The lowest BCUT2D eigenvalue weighted by molar-refractivity contribution is -0.166. The van der Waals surface area contributed by atoms with E-state index in [1.807, 2.05) is 0 Å². The van der Waals surface area contributed by atoms with Crippen LogP contribution in [-0.4, -0.2) is 23.6 Å². The highest BCUT2D eigenvalue weighted by atomic mass is 19.1. The molecule has 1 atom stereocenters. The molecular weight excluding hydrogens is 363 g/mol. The van der Waals surface area contributed by atoms with Crippen molar-refractivity contribution in [3.63, 3.8) is 0 Å². The molecule has 0 saturated carbocycles. The van der Waals surface area contributed by atoms with Crippen molar-refractivity contribution in [2.24, 2.45) is 0 Å². The molecule has 2 aromatic rings. The Hall–Kier alpha value is -3.03. The van der Waals surface area contributed by atoms with E-state index in [-0.39, 0.29) is 11.4 Å². The molecular formula is C19H18F3NO4. The summed E-state index contributed by atoms with van der Waals surface area (Å²) in [5, 5.41) is 2.21. The molecule has 0 aliphatic rings. The average molecular weight is 381 g/mol. The highest BCUT2D eigenvalue weighted by Gasteiger charge is 2.34. The van der Waals surface area contributed by atoms with Gasteiger partial charge in [-0.1, -0.05) is 0 Å². The van der Waals surface area contributed by atoms with Crippen molar-refractivity contribution < 1.29 is 32.2 Å². The van der Waals surface area contributed by atoms with Gasteiger partial charge in [0.2, 0.25) is 0 Å². The summed E-state index contributed by atoms with van der Waals surface area (Å²) in [6.07, 6.45) is -1.27. The van der Waals surface area contributed by atoms with E-state index in [0.29, 0.717) is 6.07 Å². The Bertz CT molecular complexity index is 837. The first-order chi connectivity index (χ1) is 12.6. The van der Waals surface area contributed by atoms with Crippen LogP contribution in [0.1, 0.15) is 20.8 Å².